The minimum Gasteiger partial charge on any atom is -0.467 e. The summed E-state index contributed by atoms with van der Waals surface area (Å²) in [6.07, 6.45) is 4.33. The summed E-state index contributed by atoms with van der Waals surface area (Å²) in [5.41, 5.74) is 1.01. The predicted molar refractivity (Wildman–Crippen MR) is 138 cm³/mol. The van der Waals surface area contributed by atoms with Crippen molar-refractivity contribution in [1.82, 2.24) is 14.7 Å². The van der Waals surface area contributed by atoms with E-state index in [9.17, 15) is 9.59 Å². The molecule has 0 radical (unpaired) electrons. The minimum atomic E-state index is -0.179. The zero-order chi connectivity index (χ0) is 25.7. The molecular formula is C28H39N3O6. The lowest BCUT2D eigenvalue weighted by Gasteiger charge is -2.30. The van der Waals surface area contributed by atoms with Gasteiger partial charge in [-0.15, -0.1) is 0 Å². The second kappa shape index (κ2) is 14.9. The molecule has 1 atom stereocenters. The molecule has 9 heteroatoms. The molecule has 0 saturated carbocycles. The number of carbonyl (C=O) groups is 2. The van der Waals surface area contributed by atoms with E-state index >= 15 is 0 Å². The Bertz CT molecular complexity index is 927. The molecule has 0 N–H and O–H groups in total. The van der Waals surface area contributed by atoms with Crippen LogP contribution in [0.4, 0.5) is 0 Å². The van der Waals surface area contributed by atoms with Crippen molar-refractivity contribution in [3.8, 4) is 0 Å². The first-order valence-electron chi connectivity index (χ1n) is 13.3. The molecule has 1 aromatic heterocycles. The van der Waals surface area contributed by atoms with Crippen LogP contribution in [0.1, 0.15) is 30.6 Å². The number of amides is 2. The van der Waals surface area contributed by atoms with Gasteiger partial charge in [0.2, 0.25) is 11.8 Å². The van der Waals surface area contributed by atoms with Gasteiger partial charge in [-0.25, -0.2) is 0 Å². The van der Waals surface area contributed by atoms with Gasteiger partial charge in [0.05, 0.1) is 45.3 Å². The molecule has 9 nitrogen and oxygen atoms in total. The second-order valence-corrected chi connectivity index (χ2v) is 9.59. The lowest BCUT2D eigenvalue weighted by atomic mass is 10.2. The maximum absolute atomic E-state index is 13.5. The summed E-state index contributed by atoms with van der Waals surface area (Å²) in [6.45, 7) is 6.46. The Morgan fingerprint density at radius 3 is 2.57 bits per heavy atom. The smallest absolute Gasteiger partial charge is 0.249 e. The summed E-state index contributed by atoms with van der Waals surface area (Å²) in [7, 11) is 0. The molecule has 4 rings (SSSR count). The Morgan fingerprint density at radius 2 is 1.84 bits per heavy atom. The third-order valence-electron chi connectivity index (χ3n) is 6.75. The van der Waals surface area contributed by atoms with Crippen molar-refractivity contribution < 1.29 is 28.2 Å². The molecule has 3 heterocycles. The van der Waals surface area contributed by atoms with E-state index in [4.69, 9.17) is 18.6 Å². The number of benzene rings is 1. The van der Waals surface area contributed by atoms with E-state index in [0.29, 0.717) is 32.0 Å². The molecule has 2 aromatic rings. The van der Waals surface area contributed by atoms with Crippen LogP contribution in [0.3, 0.4) is 0 Å². The van der Waals surface area contributed by atoms with Crippen LogP contribution in [0.2, 0.25) is 0 Å². The summed E-state index contributed by atoms with van der Waals surface area (Å²) in [4.78, 5) is 32.4. The number of hydrogen-bond acceptors (Lipinski definition) is 7. The van der Waals surface area contributed by atoms with Gasteiger partial charge in [-0.2, -0.15) is 0 Å². The van der Waals surface area contributed by atoms with Crippen molar-refractivity contribution in [1.29, 1.82) is 0 Å². The molecule has 0 bridgehead atoms. The van der Waals surface area contributed by atoms with E-state index < -0.39 is 0 Å². The Morgan fingerprint density at radius 1 is 1.00 bits per heavy atom. The molecule has 2 amide bonds. The first kappa shape index (κ1) is 27.3. The topological polar surface area (TPSA) is 84.7 Å². The molecule has 37 heavy (non-hydrogen) atoms. The fraction of sp³-hybridized carbons (Fsp3) is 0.571. The van der Waals surface area contributed by atoms with Crippen molar-refractivity contribution in [2.75, 3.05) is 65.7 Å². The summed E-state index contributed by atoms with van der Waals surface area (Å²) in [5.74, 6) is 0.416. The molecule has 2 saturated heterocycles. The third kappa shape index (κ3) is 9.27. The average molecular weight is 514 g/mol. The Hall–Kier alpha value is -2.72. The summed E-state index contributed by atoms with van der Waals surface area (Å²) in [5, 5.41) is 0. The zero-order valence-corrected chi connectivity index (χ0v) is 21.6. The van der Waals surface area contributed by atoms with E-state index in [-0.39, 0.29) is 31.1 Å². The highest BCUT2D eigenvalue weighted by Gasteiger charge is 2.26. The van der Waals surface area contributed by atoms with Crippen LogP contribution < -0.4 is 0 Å². The lowest BCUT2D eigenvalue weighted by molar-refractivity contribution is -0.144. The van der Waals surface area contributed by atoms with E-state index in [2.05, 4.69) is 4.90 Å². The van der Waals surface area contributed by atoms with Crippen LogP contribution in [0.15, 0.2) is 53.1 Å². The van der Waals surface area contributed by atoms with Crippen molar-refractivity contribution in [3.63, 3.8) is 0 Å². The number of nitrogens with zero attached hydrogens (tertiary/aromatic N) is 3. The number of carbonyl (C=O) groups excluding carboxylic acids is 2. The summed E-state index contributed by atoms with van der Waals surface area (Å²) < 4.78 is 22.4. The normalized spacial score (nSPS) is 18.1. The maximum Gasteiger partial charge on any atom is 0.249 e. The zero-order valence-electron chi connectivity index (χ0n) is 21.6. The highest BCUT2D eigenvalue weighted by atomic mass is 16.5. The third-order valence-corrected chi connectivity index (χ3v) is 6.75. The number of furan rings is 1. The Balaban J connectivity index is 1.35. The van der Waals surface area contributed by atoms with E-state index in [1.165, 1.54) is 0 Å². The standard InChI is InChI=1S/C28H39N3O6/c32-27(31(19-25-9-4-15-36-25)20-26-10-5-16-37-26)21-30(12-6-11-29-13-17-34-18-14-29)28(33)23-35-22-24-7-2-1-3-8-24/h1-4,7-9,15,26H,5-6,10-14,16-23H2. The number of rotatable bonds is 14. The molecule has 2 fully saturated rings. The van der Waals surface area contributed by atoms with Gasteiger partial charge in [0, 0.05) is 39.3 Å². The average Bonchev–Trinajstić information content (AvgIpc) is 3.63. The SMILES string of the molecule is O=C(COCc1ccccc1)N(CCCN1CCOCC1)CC(=O)N(Cc1ccco1)CC1CCCO1. The first-order chi connectivity index (χ1) is 18.2. The van der Waals surface area contributed by atoms with Crippen LogP contribution in [-0.4, -0.2) is 98.3 Å². The molecule has 1 unspecified atom stereocenters. The van der Waals surface area contributed by atoms with Gasteiger partial charge in [-0.3, -0.25) is 14.5 Å². The van der Waals surface area contributed by atoms with E-state index in [0.717, 1.165) is 64.3 Å². The Kier molecular flexibility index (Phi) is 11.0. The molecular weight excluding hydrogens is 474 g/mol. The van der Waals surface area contributed by atoms with Gasteiger partial charge in [-0.1, -0.05) is 30.3 Å². The van der Waals surface area contributed by atoms with Gasteiger partial charge in [0.1, 0.15) is 12.4 Å². The number of morpholine rings is 1. The summed E-state index contributed by atoms with van der Waals surface area (Å²) in [6, 6.07) is 13.4. The number of ether oxygens (including phenoxy) is 3. The molecule has 1 aromatic carbocycles. The van der Waals surface area contributed by atoms with Crippen molar-refractivity contribution >= 4 is 11.8 Å². The quantitative estimate of drug-likeness (QED) is 0.384. The fourth-order valence-corrected chi connectivity index (χ4v) is 4.67. The largest absolute Gasteiger partial charge is 0.467 e. The number of hydrogen-bond donors (Lipinski definition) is 0. The van der Waals surface area contributed by atoms with Crippen molar-refractivity contribution in [3.05, 3.63) is 60.1 Å². The van der Waals surface area contributed by atoms with Gasteiger partial charge in [0.15, 0.2) is 0 Å². The van der Waals surface area contributed by atoms with Gasteiger partial charge >= 0.3 is 0 Å². The lowest BCUT2D eigenvalue weighted by Crippen LogP contribution is -2.46. The van der Waals surface area contributed by atoms with Crippen molar-refractivity contribution in [2.24, 2.45) is 0 Å². The molecule has 0 spiro atoms. The highest BCUT2D eigenvalue weighted by Crippen LogP contribution is 2.16. The van der Waals surface area contributed by atoms with Crippen LogP contribution in [0, 0.1) is 0 Å². The predicted octanol–water partition coefficient (Wildman–Crippen LogP) is 2.55. The summed E-state index contributed by atoms with van der Waals surface area (Å²) >= 11 is 0. The van der Waals surface area contributed by atoms with Crippen LogP contribution in [0.25, 0.3) is 0 Å². The molecule has 2 aliphatic rings. The highest BCUT2D eigenvalue weighted by molar-refractivity contribution is 5.85. The van der Waals surface area contributed by atoms with Gasteiger partial charge in [-0.05, 0) is 37.0 Å². The first-order valence-corrected chi connectivity index (χ1v) is 13.3. The monoisotopic (exact) mass is 513 g/mol. The molecule has 0 aliphatic carbocycles. The van der Waals surface area contributed by atoms with Crippen molar-refractivity contribution in [2.45, 2.75) is 38.5 Å². The Labute approximate surface area is 219 Å². The minimum absolute atomic E-state index is 0.00404. The second-order valence-electron chi connectivity index (χ2n) is 9.59. The molecule has 2 aliphatic heterocycles. The van der Waals surface area contributed by atoms with Gasteiger partial charge in [0.25, 0.3) is 0 Å². The fourth-order valence-electron chi connectivity index (χ4n) is 4.67. The van der Waals surface area contributed by atoms with Crippen LogP contribution in [0.5, 0.6) is 0 Å². The van der Waals surface area contributed by atoms with Gasteiger partial charge < -0.3 is 28.4 Å². The van der Waals surface area contributed by atoms with E-state index in [1.807, 2.05) is 42.5 Å². The molecule has 202 valence electrons. The van der Waals surface area contributed by atoms with Crippen LogP contribution in [-0.2, 0) is 37.0 Å². The van der Waals surface area contributed by atoms with Crippen LogP contribution >= 0.6 is 0 Å². The maximum atomic E-state index is 13.5. The van der Waals surface area contributed by atoms with E-state index in [1.54, 1.807) is 16.1 Å².